The van der Waals surface area contributed by atoms with E-state index < -0.39 is 10.0 Å². The topological polar surface area (TPSA) is 58.6 Å². The van der Waals surface area contributed by atoms with Crippen LogP contribution < -0.4 is 10.1 Å². The highest BCUT2D eigenvalue weighted by Crippen LogP contribution is 2.37. The summed E-state index contributed by atoms with van der Waals surface area (Å²) in [7, 11) is -3.47. The number of nitrogens with zero attached hydrogens (tertiary/aromatic N) is 1. The van der Waals surface area contributed by atoms with Crippen LogP contribution in [0.15, 0.2) is 21.5 Å². The van der Waals surface area contributed by atoms with Crippen LogP contribution in [-0.4, -0.2) is 45.5 Å². The van der Waals surface area contributed by atoms with Crippen molar-refractivity contribution in [1.29, 1.82) is 0 Å². The van der Waals surface area contributed by atoms with Crippen LogP contribution in [0.5, 0.6) is 5.75 Å². The smallest absolute Gasteiger partial charge is 0.246 e. The fourth-order valence-electron chi connectivity index (χ4n) is 2.45. The van der Waals surface area contributed by atoms with E-state index in [2.05, 4.69) is 21.2 Å². The quantitative estimate of drug-likeness (QED) is 0.867. The Morgan fingerprint density at radius 3 is 2.74 bits per heavy atom. The van der Waals surface area contributed by atoms with Crippen molar-refractivity contribution in [2.24, 2.45) is 0 Å². The first kappa shape index (κ1) is 13.4. The number of benzene rings is 1. The van der Waals surface area contributed by atoms with Crippen LogP contribution in [0, 0.1) is 0 Å². The number of fused-ring (bicyclic) bond motifs is 1. The first-order chi connectivity index (χ1) is 9.09. The van der Waals surface area contributed by atoms with Crippen molar-refractivity contribution >= 4 is 26.0 Å². The summed E-state index contributed by atoms with van der Waals surface area (Å²) in [4.78, 5) is 0.288. The first-order valence-electron chi connectivity index (χ1n) is 6.25. The van der Waals surface area contributed by atoms with Crippen LogP contribution in [0.3, 0.4) is 0 Å². The van der Waals surface area contributed by atoms with Gasteiger partial charge in [-0.3, -0.25) is 0 Å². The van der Waals surface area contributed by atoms with E-state index in [1.165, 1.54) is 4.31 Å². The molecule has 2 aliphatic heterocycles. The van der Waals surface area contributed by atoms with Gasteiger partial charge < -0.3 is 10.1 Å². The second-order valence-electron chi connectivity index (χ2n) is 4.64. The summed E-state index contributed by atoms with van der Waals surface area (Å²) in [5.74, 6) is 0.529. The van der Waals surface area contributed by atoms with Gasteiger partial charge in [-0.05, 0) is 12.1 Å². The van der Waals surface area contributed by atoms with Crippen molar-refractivity contribution in [3.8, 4) is 5.75 Å². The van der Waals surface area contributed by atoms with Gasteiger partial charge in [0.05, 0.1) is 6.61 Å². The van der Waals surface area contributed by atoms with Gasteiger partial charge in [0.15, 0.2) is 0 Å². The average Bonchev–Trinajstić information content (AvgIpc) is 2.86. The van der Waals surface area contributed by atoms with Crippen molar-refractivity contribution in [1.82, 2.24) is 9.62 Å². The number of piperazine rings is 1. The summed E-state index contributed by atoms with van der Waals surface area (Å²) in [5.41, 5.74) is 0.961. The highest BCUT2D eigenvalue weighted by atomic mass is 79.9. The fraction of sp³-hybridized carbons (Fsp3) is 0.500. The SMILES string of the molecule is O=S(=O)(c1cc(Br)cc2c1OCC2)N1CCNCC1. The number of sulfonamides is 1. The minimum absolute atomic E-state index is 0.288. The van der Waals surface area contributed by atoms with Gasteiger partial charge in [0.1, 0.15) is 10.6 Å². The maximum Gasteiger partial charge on any atom is 0.246 e. The number of hydrogen-bond acceptors (Lipinski definition) is 4. The minimum Gasteiger partial charge on any atom is -0.492 e. The summed E-state index contributed by atoms with van der Waals surface area (Å²) in [6.45, 7) is 2.94. The Labute approximate surface area is 121 Å². The molecule has 2 aliphatic rings. The number of nitrogens with one attached hydrogen (secondary N) is 1. The Morgan fingerprint density at radius 1 is 1.26 bits per heavy atom. The Bertz CT molecular complexity index is 597. The molecule has 0 atom stereocenters. The zero-order valence-corrected chi connectivity index (χ0v) is 12.8. The third-order valence-corrected chi connectivity index (χ3v) is 5.77. The van der Waals surface area contributed by atoms with E-state index in [0.717, 1.165) is 16.5 Å². The van der Waals surface area contributed by atoms with Gasteiger partial charge in [-0.15, -0.1) is 0 Å². The molecule has 5 nitrogen and oxygen atoms in total. The molecule has 0 spiro atoms. The lowest BCUT2D eigenvalue weighted by Gasteiger charge is -2.27. The van der Waals surface area contributed by atoms with Crippen molar-refractivity contribution in [3.63, 3.8) is 0 Å². The maximum absolute atomic E-state index is 12.7. The van der Waals surface area contributed by atoms with Crippen LogP contribution in [-0.2, 0) is 16.4 Å². The molecule has 1 saturated heterocycles. The molecule has 0 amide bonds. The predicted octanol–water partition coefficient (Wildman–Crippen LogP) is 0.978. The summed E-state index contributed by atoms with van der Waals surface area (Å²) in [6, 6.07) is 3.57. The zero-order chi connectivity index (χ0) is 13.5. The molecule has 1 fully saturated rings. The van der Waals surface area contributed by atoms with Gasteiger partial charge in [-0.25, -0.2) is 8.42 Å². The first-order valence-corrected chi connectivity index (χ1v) is 8.48. The van der Waals surface area contributed by atoms with Gasteiger partial charge in [0, 0.05) is 42.6 Å². The minimum atomic E-state index is -3.47. The Balaban J connectivity index is 2.06. The van der Waals surface area contributed by atoms with Crippen molar-refractivity contribution < 1.29 is 13.2 Å². The molecule has 2 heterocycles. The second-order valence-corrected chi connectivity index (χ2v) is 7.47. The summed E-state index contributed by atoms with van der Waals surface area (Å²) in [6.07, 6.45) is 0.763. The van der Waals surface area contributed by atoms with Crippen LogP contribution in [0.2, 0.25) is 0 Å². The van der Waals surface area contributed by atoms with E-state index in [4.69, 9.17) is 4.74 Å². The van der Waals surface area contributed by atoms with Gasteiger partial charge in [0.2, 0.25) is 10.0 Å². The molecule has 104 valence electrons. The molecule has 1 N–H and O–H groups in total. The molecule has 0 aromatic heterocycles. The average molecular weight is 347 g/mol. The highest BCUT2D eigenvalue weighted by molar-refractivity contribution is 9.10. The normalized spacial score (nSPS) is 20.1. The molecule has 0 saturated carbocycles. The van der Waals surface area contributed by atoms with Crippen molar-refractivity contribution in [2.75, 3.05) is 32.8 Å². The molecule has 3 rings (SSSR count). The van der Waals surface area contributed by atoms with Gasteiger partial charge in [0.25, 0.3) is 0 Å². The number of hydrogen-bond donors (Lipinski definition) is 1. The van der Waals surface area contributed by atoms with E-state index in [9.17, 15) is 8.42 Å². The second kappa shape index (κ2) is 5.05. The molecule has 1 aromatic rings. The van der Waals surface area contributed by atoms with Crippen LogP contribution in [0.1, 0.15) is 5.56 Å². The van der Waals surface area contributed by atoms with Gasteiger partial charge >= 0.3 is 0 Å². The van der Waals surface area contributed by atoms with E-state index in [1.807, 2.05) is 6.07 Å². The van der Waals surface area contributed by atoms with E-state index in [-0.39, 0.29) is 4.90 Å². The summed E-state index contributed by atoms with van der Waals surface area (Å²) >= 11 is 3.38. The largest absolute Gasteiger partial charge is 0.492 e. The molecule has 0 aliphatic carbocycles. The van der Waals surface area contributed by atoms with Gasteiger partial charge in [-0.1, -0.05) is 15.9 Å². The molecule has 1 aromatic carbocycles. The predicted molar refractivity (Wildman–Crippen MR) is 75.0 cm³/mol. The van der Waals surface area contributed by atoms with E-state index >= 15 is 0 Å². The van der Waals surface area contributed by atoms with Gasteiger partial charge in [-0.2, -0.15) is 4.31 Å². The summed E-state index contributed by atoms with van der Waals surface area (Å²) < 4.78 is 33.2. The van der Waals surface area contributed by atoms with E-state index in [0.29, 0.717) is 38.5 Å². The van der Waals surface area contributed by atoms with Crippen LogP contribution in [0.4, 0.5) is 0 Å². The van der Waals surface area contributed by atoms with Crippen molar-refractivity contribution in [2.45, 2.75) is 11.3 Å². The molecular formula is C12H15BrN2O3S. The number of rotatable bonds is 2. The third kappa shape index (κ3) is 2.40. The summed E-state index contributed by atoms with van der Waals surface area (Å²) in [5, 5.41) is 3.16. The molecule has 0 bridgehead atoms. The zero-order valence-electron chi connectivity index (χ0n) is 10.4. The maximum atomic E-state index is 12.7. The Kier molecular flexibility index (Phi) is 3.55. The molecular weight excluding hydrogens is 332 g/mol. The van der Waals surface area contributed by atoms with Crippen LogP contribution >= 0.6 is 15.9 Å². The van der Waals surface area contributed by atoms with E-state index in [1.54, 1.807) is 6.07 Å². The highest BCUT2D eigenvalue weighted by Gasteiger charge is 2.32. The standard InChI is InChI=1S/C12H15BrN2O3S/c13-10-7-9-1-6-18-12(9)11(8-10)19(16,17)15-4-2-14-3-5-15/h7-8,14H,1-6H2. The Hall–Kier alpha value is -0.630. The third-order valence-electron chi connectivity index (χ3n) is 3.41. The lowest BCUT2D eigenvalue weighted by molar-refractivity contribution is 0.339. The molecule has 0 unspecified atom stereocenters. The van der Waals surface area contributed by atoms with Crippen LogP contribution in [0.25, 0.3) is 0 Å². The lowest BCUT2D eigenvalue weighted by Crippen LogP contribution is -2.46. The number of halogens is 1. The Morgan fingerprint density at radius 2 is 2.00 bits per heavy atom. The molecule has 7 heteroatoms. The molecule has 0 radical (unpaired) electrons. The monoisotopic (exact) mass is 346 g/mol. The number of ether oxygens (including phenoxy) is 1. The molecule has 19 heavy (non-hydrogen) atoms. The lowest BCUT2D eigenvalue weighted by atomic mass is 10.2. The fourth-order valence-corrected chi connectivity index (χ4v) is 4.75. The van der Waals surface area contributed by atoms with Crippen molar-refractivity contribution in [3.05, 3.63) is 22.2 Å².